The molecule has 0 bridgehead atoms. The van der Waals surface area contributed by atoms with Crippen LogP contribution in [0.3, 0.4) is 0 Å². The molecule has 0 aromatic rings. The monoisotopic (exact) mass is 1730 g/mol. The fraction of sp³-hybridized carbons (Fsp3) is 0.897. The van der Waals surface area contributed by atoms with Gasteiger partial charge in [0.2, 0.25) is 41.4 Å². The lowest BCUT2D eigenvalue weighted by Gasteiger charge is -2.52. The average Bonchev–Trinajstić information content (AvgIpc) is 0.758. The third kappa shape index (κ3) is 22.6. The highest BCUT2D eigenvalue weighted by molar-refractivity contribution is 5.75. The first-order chi connectivity index (χ1) is 56.1. The first kappa shape index (κ1) is 97.6. The fourth-order valence-corrected chi connectivity index (χ4v) is 15.5. The van der Waals surface area contributed by atoms with E-state index in [0.29, 0.717) is 0 Å². The van der Waals surface area contributed by atoms with Crippen LogP contribution in [0.1, 0.15) is 62.3 Å². The summed E-state index contributed by atoms with van der Waals surface area (Å²) in [6.07, 6.45) is -75.9. The van der Waals surface area contributed by atoms with Crippen LogP contribution in [-0.4, -0.2) is 466 Å². The molecule has 684 valence electrons. The van der Waals surface area contributed by atoms with E-state index < -0.39 is 364 Å². The molecule has 51 nitrogen and oxygen atoms in total. The normalized spacial score (nSPS) is 46.5. The average molecular weight is 1730 g/mol. The van der Waals surface area contributed by atoms with E-state index >= 15 is 0 Å². The molecule has 27 N–H and O–H groups in total. The number of aliphatic hydroxyl groups is 20. The lowest BCUT2D eigenvalue weighted by Crippen LogP contribution is -2.73. The minimum Gasteiger partial charge on any atom is -0.394 e. The van der Waals surface area contributed by atoms with Crippen LogP contribution in [0.2, 0.25) is 0 Å². The van der Waals surface area contributed by atoms with E-state index in [9.17, 15) is 136 Å². The smallest absolute Gasteiger partial charge is 0.217 e. The summed E-state index contributed by atoms with van der Waals surface area (Å²) >= 11 is 0. The molecule has 51 heteroatoms. The van der Waals surface area contributed by atoms with E-state index in [1.165, 1.54) is 13.8 Å². The molecule has 9 heterocycles. The number of amides is 7. The van der Waals surface area contributed by atoms with Crippen molar-refractivity contribution in [2.75, 3.05) is 46.2 Å². The summed E-state index contributed by atoms with van der Waals surface area (Å²) in [5, 5.41) is 242. The number of ether oxygens (including phenoxy) is 17. The van der Waals surface area contributed by atoms with Gasteiger partial charge in [-0.3, -0.25) is 33.6 Å². The van der Waals surface area contributed by atoms with Gasteiger partial charge in [0.25, 0.3) is 0 Å². The second-order valence-electron chi connectivity index (χ2n) is 30.3. The molecule has 0 radical (unpaired) electrons. The van der Waals surface area contributed by atoms with E-state index in [0.717, 1.165) is 48.5 Å². The highest BCUT2D eigenvalue weighted by Crippen LogP contribution is 2.41. The van der Waals surface area contributed by atoms with Crippen molar-refractivity contribution in [1.29, 1.82) is 0 Å². The lowest BCUT2D eigenvalue weighted by atomic mass is 9.92. The van der Waals surface area contributed by atoms with E-state index in [4.69, 9.17) is 80.5 Å². The number of carbonyl (C=O) groups is 7. The minimum absolute atomic E-state index is 0.836. The van der Waals surface area contributed by atoms with Crippen molar-refractivity contribution in [2.24, 2.45) is 0 Å². The van der Waals surface area contributed by atoms with Crippen molar-refractivity contribution in [3.8, 4) is 0 Å². The Bertz CT molecular complexity index is 3320. The third-order valence-corrected chi connectivity index (χ3v) is 21.5. The lowest BCUT2D eigenvalue weighted by molar-refractivity contribution is -0.389. The van der Waals surface area contributed by atoms with Gasteiger partial charge < -0.3 is 220 Å². The van der Waals surface area contributed by atoms with E-state index in [-0.39, 0.29) is 0 Å². The first-order valence-electron chi connectivity index (χ1n) is 38.3. The molecule has 9 fully saturated rings. The summed E-state index contributed by atoms with van der Waals surface area (Å²) < 4.78 is 106. The molecule has 119 heavy (non-hydrogen) atoms. The highest BCUT2D eigenvalue weighted by atomic mass is 16.8. The van der Waals surface area contributed by atoms with Crippen molar-refractivity contribution in [3.63, 3.8) is 0 Å². The summed E-state index contributed by atoms with van der Waals surface area (Å²) in [6.45, 7) is 1.74. The van der Waals surface area contributed by atoms with Gasteiger partial charge in [0.05, 0.1) is 58.5 Å². The summed E-state index contributed by atoms with van der Waals surface area (Å²) in [6, 6.07) is -13.1. The molecule has 45 atom stereocenters. The molecular formula is C68H113N7O44. The summed E-state index contributed by atoms with van der Waals surface area (Å²) in [7, 11) is 0. The number of rotatable bonds is 30. The van der Waals surface area contributed by atoms with Gasteiger partial charge in [-0.1, -0.05) is 0 Å². The topological polar surface area (TPSA) is 765 Å². The Labute approximate surface area is 677 Å². The molecule has 1 unspecified atom stereocenters. The van der Waals surface area contributed by atoms with Gasteiger partial charge in [-0.25, -0.2) is 0 Å². The third-order valence-electron chi connectivity index (χ3n) is 21.5. The standard InChI is InChI=1S/C68H113N7O44/c1-17-40(89)51(100)58(118-64-35(71-21(5)84)49(98)44(93)28(12-78)109-64)67(104-17)116-56-38(74-24(8)87)61(111-30(14-80)53(56)113-62-33(69-19(3)82)47(96)42(91)26(10-76)107-62)103-16-32-46(95)55(37(60(102)106-32)73-23(7)86)115-66-39(75-25(9)88)57(54(31(15-81)112-66)114-63-34(70-20(4)83)48(97)43(92)27(11-77)108-63)117-68-59(52(101)41(90)18(2)105-68)119-65-36(72-22(6)85)50(99)45(94)29(13-79)110-65/h17-18,26-68,76-81,89-102H,10-16H2,1-9H3,(H,69,82)(H,70,83)(H,71,84)(H,72,85)(H,73,86)(H,74,87)(H,75,88)/t17-,18-,26+,27+,28-,29+,30+,31+,32+,33+,34+,35-,36+,37+,38+,39+,40+,41+,42-,43-,44+,45-,46-,47+,48+,49-,50+,51+,52+,53+,54+,55+,56+,57+,58-,59-,60?,61+,62-,63-,64-,65+,66-,67-,68-/m0/s1. The highest BCUT2D eigenvalue weighted by Gasteiger charge is 2.62. The zero-order chi connectivity index (χ0) is 87.9. The second kappa shape index (κ2) is 42.7. The van der Waals surface area contributed by atoms with Gasteiger partial charge in [-0.2, -0.15) is 0 Å². The molecule has 0 spiro atoms. The van der Waals surface area contributed by atoms with Crippen molar-refractivity contribution in [3.05, 3.63) is 0 Å². The summed E-state index contributed by atoms with van der Waals surface area (Å²) in [4.78, 5) is 91.7. The summed E-state index contributed by atoms with van der Waals surface area (Å²) in [5.41, 5.74) is 0. The molecule has 9 aliphatic rings. The number of hydrogen-bond acceptors (Lipinski definition) is 44. The zero-order valence-electron chi connectivity index (χ0n) is 65.7. The maximum absolute atomic E-state index is 13.9. The van der Waals surface area contributed by atoms with Gasteiger partial charge >= 0.3 is 0 Å². The van der Waals surface area contributed by atoms with Gasteiger partial charge in [-0.05, 0) is 13.8 Å². The molecule has 0 saturated carbocycles. The maximum Gasteiger partial charge on any atom is 0.217 e. The largest absolute Gasteiger partial charge is 0.394 e. The molecule has 9 rings (SSSR count). The Kier molecular flexibility index (Phi) is 35.0. The van der Waals surface area contributed by atoms with E-state index in [2.05, 4.69) is 37.2 Å². The molecular weight excluding hydrogens is 1620 g/mol. The predicted octanol–water partition coefficient (Wildman–Crippen LogP) is -17.6. The van der Waals surface area contributed by atoms with Crippen LogP contribution in [0, 0.1) is 0 Å². The van der Waals surface area contributed by atoms with E-state index in [1.807, 2.05) is 0 Å². The molecule has 7 amide bonds. The SMILES string of the molecule is CC(=O)N[C@@H]1[C@H](O[C@@H]2[C@H](O[C@@H]3[C@@H](NC(C)=O)[C@H](OC[C@H]4OC(O)[C@H](NC(C)=O)[C@@H](O[C@@H]5O[C@H](CO)[C@@H](O[C@@H]6O[C@H](CO)[C@H](O)[C@H](O)[C@H]6NC(C)=O)[C@H](O[C@@H]6O[C@@H](C)[C@@H](O)[C@@H](O)[C@@H]6O[C@H]6O[C@H](CO)[C@H](O)[C@H](O)[C@H]6NC(C)=O)[C@H]5NC(C)=O)[C@H]4O)O[C@H](CO)[C@H]3O[C@@H]3O[C@H](CO)[C@H](O)[C@H](O)[C@H]3NC(C)=O)O[C@@H](C)[C@@H](O)[C@H]2O)O[C@@H](CO)[C@@H](O)[C@H]1O. The van der Waals surface area contributed by atoms with Crippen LogP contribution in [0.4, 0.5) is 0 Å². The Morgan fingerprint density at radius 2 is 0.479 bits per heavy atom. The Balaban J connectivity index is 1.11. The predicted molar refractivity (Wildman–Crippen MR) is 375 cm³/mol. The second-order valence-corrected chi connectivity index (χ2v) is 30.3. The van der Waals surface area contributed by atoms with Crippen LogP contribution in [-0.2, 0) is 114 Å². The van der Waals surface area contributed by atoms with Crippen LogP contribution in [0.25, 0.3) is 0 Å². The first-order valence-corrected chi connectivity index (χ1v) is 38.3. The minimum atomic E-state index is -2.35. The van der Waals surface area contributed by atoms with E-state index in [1.54, 1.807) is 0 Å². The molecule has 0 aromatic heterocycles. The van der Waals surface area contributed by atoms with Crippen molar-refractivity contribution >= 4 is 41.4 Å². The zero-order valence-corrected chi connectivity index (χ0v) is 65.7. The number of hydrogen-bond donors (Lipinski definition) is 27. The van der Waals surface area contributed by atoms with Gasteiger partial charge in [0, 0.05) is 48.5 Å². The number of aliphatic hydroxyl groups excluding tert-OH is 20. The quantitative estimate of drug-likeness (QED) is 0.0318. The Morgan fingerprint density at radius 3 is 0.782 bits per heavy atom. The van der Waals surface area contributed by atoms with Crippen molar-refractivity contribution in [1.82, 2.24) is 37.2 Å². The Hall–Kier alpha value is -5.19. The van der Waals surface area contributed by atoms with Crippen molar-refractivity contribution < 1.29 is 216 Å². The van der Waals surface area contributed by atoms with Crippen LogP contribution in [0.15, 0.2) is 0 Å². The van der Waals surface area contributed by atoms with Crippen LogP contribution in [0.5, 0.6) is 0 Å². The fourth-order valence-electron chi connectivity index (χ4n) is 15.5. The Morgan fingerprint density at radius 1 is 0.235 bits per heavy atom. The maximum atomic E-state index is 13.9. The molecule has 0 aromatic carbocycles. The summed E-state index contributed by atoms with van der Waals surface area (Å²) in [5.74, 6) is -6.37. The van der Waals surface area contributed by atoms with Crippen LogP contribution < -0.4 is 37.2 Å². The molecule has 0 aliphatic carbocycles. The molecule has 9 saturated heterocycles. The molecule has 9 aliphatic heterocycles. The van der Waals surface area contributed by atoms with Gasteiger partial charge in [0.15, 0.2) is 56.6 Å². The number of nitrogens with one attached hydrogen (secondary N) is 7. The van der Waals surface area contributed by atoms with Gasteiger partial charge in [-0.15, -0.1) is 0 Å². The van der Waals surface area contributed by atoms with Crippen molar-refractivity contribution in [2.45, 2.75) is 338 Å². The van der Waals surface area contributed by atoms with Gasteiger partial charge in [0.1, 0.15) is 207 Å². The van der Waals surface area contributed by atoms with Crippen LogP contribution >= 0.6 is 0 Å². The number of carbonyl (C=O) groups excluding carboxylic acids is 7.